The molecule has 0 aromatic carbocycles. The average molecular weight is 425 g/mol. The highest BCUT2D eigenvalue weighted by Gasteiger charge is 2.25. The second-order valence-electron chi connectivity index (χ2n) is 3.77. The maximum atomic E-state index is 5.02. The normalized spacial score (nSPS) is 25.1. The number of halogens is 2. The van der Waals surface area contributed by atoms with Gasteiger partial charge in [-0.3, -0.25) is 9.80 Å². The maximum Gasteiger partial charge on any atom is 0.109 e. The molecule has 1 aliphatic heterocycles. The van der Waals surface area contributed by atoms with Crippen LogP contribution in [0.25, 0.3) is 0 Å². The number of hydrogen-bond donors (Lipinski definition) is 0. The summed E-state index contributed by atoms with van der Waals surface area (Å²) in [6.45, 7) is 5.16. The molecule has 84 valence electrons. The zero-order valence-electron chi connectivity index (χ0n) is 8.62. The highest BCUT2D eigenvalue weighted by Crippen LogP contribution is 2.12. The van der Waals surface area contributed by atoms with E-state index in [1.807, 2.05) is 23.0 Å². The van der Waals surface area contributed by atoms with E-state index in [2.05, 4.69) is 49.9 Å². The molecule has 0 aromatic heterocycles. The molecule has 1 saturated heterocycles. The van der Waals surface area contributed by atoms with Gasteiger partial charge in [0.1, 0.15) is 23.0 Å². The summed E-state index contributed by atoms with van der Waals surface area (Å²) in [5.41, 5.74) is 0. The summed E-state index contributed by atoms with van der Waals surface area (Å²) < 4.78 is 7.33. The lowest BCUT2D eigenvalue weighted by molar-refractivity contribution is 0.258. The van der Waals surface area contributed by atoms with Crippen LogP contribution in [0.3, 0.4) is 0 Å². The lowest BCUT2D eigenvalue weighted by Gasteiger charge is -2.22. The van der Waals surface area contributed by atoms with Crippen LogP contribution in [0.2, 0.25) is 0 Å². The van der Waals surface area contributed by atoms with E-state index in [9.17, 15) is 0 Å². The molecule has 4 nitrogen and oxygen atoms in total. The fourth-order valence-electron chi connectivity index (χ4n) is 1.70. The third-order valence-corrected chi connectivity index (χ3v) is 3.75. The Morgan fingerprint density at radius 1 is 1.50 bits per heavy atom. The molecule has 0 aromatic rings. The molecule has 1 fully saturated rings. The van der Waals surface area contributed by atoms with Gasteiger partial charge in [0.25, 0.3) is 0 Å². The monoisotopic (exact) mass is 425 g/mol. The van der Waals surface area contributed by atoms with Crippen molar-refractivity contribution in [3.8, 4) is 0 Å². The minimum atomic E-state index is 0.658. The molecule has 0 radical (unpaired) electrons. The van der Waals surface area contributed by atoms with Crippen molar-refractivity contribution in [2.75, 3.05) is 47.0 Å². The summed E-state index contributed by atoms with van der Waals surface area (Å²) in [5.74, 6) is 0. The van der Waals surface area contributed by atoms with Gasteiger partial charge in [-0.1, -0.05) is 0 Å². The van der Waals surface area contributed by atoms with E-state index in [0.717, 1.165) is 26.4 Å². The van der Waals surface area contributed by atoms with Gasteiger partial charge in [0.15, 0.2) is 0 Å². The summed E-state index contributed by atoms with van der Waals surface area (Å²) in [4.78, 5) is 4.75. The van der Waals surface area contributed by atoms with Gasteiger partial charge in [0.05, 0.1) is 13.3 Å². The Kier molecular flexibility index (Phi) is 6.48. The Morgan fingerprint density at radius 3 is 2.71 bits per heavy atom. The lowest BCUT2D eigenvalue weighted by atomic mass is 10.3. The maximum absolute atomic E-state index is 5.02. The van der Waals surface area contributed by atoms with Crippen LogP contribution < -0.4 is 0 Å². The van der Waals surface area contributed by atoms with Crippen LogP contribution in [0.15, 0.2) is 0 Å². The first-order chi connectivity index (χ1) is 6.63. The van der Waals surface area contributed by atoms with Gasteiger partial charge in [-0.25, -0.2) is 3.11 Å². The molecule has 1 aliphatic rings. The Morgan fingerprint density at radius 2 is 2.21 bits per heavy atom. The van der Waals surface area contributed by atoms with Gasteiger partial charge in [0, 0.05) is 48.5 Å². The van der Waals surface area contributed by atoms with E-state index in [-0.39, 0.29) is 0 Å². The fourth-order valence-corrected chi connectivity index (χ4v) is 2.55. The molecule has 1 atom stereocenters. The first-order valence-corrected chi connectivity index (χ1v) is 6.51. The summed E-state index contributed by atoms with van der Waals surface area (Å²) in [6.07, 6.45) is 0. The van der Waals surface area contributed by atoms with Crippen molar-refractivity contribution in [3.63, 3.8) is 0 Å². The molecule has 0 aliphatic carbocycles. The van der Waals surface area contributed by atoms with Gasteiger partial charge in [-0.2, -0.15) is 0 Å². The average Bonchev–Trinajstić information content (AvgIpc) is 2.42. The van der Waals surface area contributed by atoms with Crippen molar-refractivity contribution < 1.29 is 3.07 Å². The summed E-state index contributed by atoms with van der Waals surface area (Å²) in [7, 11) is 4.36. The van der Waals surface area contributed by atoms with Crippen molar-refractivity contribution in [1.82, 2.24) is 12.9 Å². The van der Waals surface area contributed by atoms with Crippen LogP contribution in [0, 0.1) is 0 Å². The third-order valence-electron chi connectivity index (χ3n) is 2.43. The fraction of sp³-hybridized carbons (Fsp3) is 1.00. The Bertz CT molecular complexity index is 173. The second-order valence-corrected chi connectivity index (χ2v) is 5.76. The molecule has 0 spiro atoms. The van der Waals surface area contributed by atoms with Crippen LogP contribution >= 0.6 is 45.9 Å². The Labute approximate surface area is 114 Å². The number of likely N-dealkylation sites (N-methyl/N-ethyl adjacent to an activating group) is 2. The van der Waals surface area contributed by atoms with E-state index in [1.54, 1.807) is 0 Å². The zero-order chi connectivity index (χ0) is 10.6. The SMILES string of the molecule is CN1CC(CN(I)CCOI)N(C)C1. The van der Waals surface area contributed by atoms with Gasteiger partial charge in [-0.05, 0) is 14.1 Å². The molecule has 0 saturated carbocycles. The third kappa shape index (κ3) is 4.44. The molecule has 1 unspecified atom stereocenters. The van der Waals surface area contributed by atoms with Gasteiger partial charge < -0.3 is 3.07 Å². The van der Waals surface area contributed by atoms with Crippen molar-refractivity contribution in [1.29, 1.82) is 0 Å². The van der Waals surface area contributed by atoms with Crippen molar-refractivity contribution in [2.45, 2.75) is 6.04 Å². The van der Waals surface area contributed by atoms with E-state index < -0.39 is 0 Å². The number of rotatable bonds is 5. The predicted octanol–water partition coefficient (Wildman–Crippen LogP) is 1.21. The zero-order valence-corrected chi connectivity index (χ0v) is 12.9. The second kappa shape index (κ2) is 6.79. The van der Waals surface area contributed by atoms with Crippen molar-refractivity contribution in [2.24, 2.45) is 0 Å². The first-order valence-electron chi connectivity index (χ1n) is 4.66. The lowest BCUT2D eigenvalue weighted by Crippen LogP contribution is -2.36. The topological polar surface area (TPSA) is 19.0 Å². The summed E-state index contributed by atoms with van der Waals surface area (Å²) in [6, 6.07) is 0.658. The summed E-state index contributed by atoms with van der Waals surface area (Å²) >= 11 is 4.32. The van der Waals surface area contributed by atoms with E-state index in [4.69, 9.17) is 3.07 Å². The standard InChI is InChI=1S/C8H17I2N3O/c1-11-5-8(12(2)7-11)6-13(9)3-4-14-10/h8H,3-7H2,1-2H3. The quantitative estimate of drug-likeness (QED) is 0.487. The Balaban J connectivity index is 2.22. The minimum Gasteiger partial charge on any atom is -0.314 e. The van der Waals surface area contributed by atoms with Crippen LogP contribution in [0.5, 0.6) is 0 Å². The van der Waals surface area contributed by atoms with E-state index >= 15 is 0 Å². The smallest absolute Gasteiger partial charge is 0.109 e. The van der Waals surface area contributed by atoms with Gasteiger partial charge in [-0.15, -0.1) is 0 Å². The molecule has 0 bridgehead atoms. The Hall–Kier alpha value is 1.30. The predicted molar refractivity (Wildman–Crippen MR) is 74.6 cm³/mol. The highest BCUT2D eigenvalue weighted by atomic mass is 127. The van der Waals surface area contributed by atoms with E-state index in [0.29, 0.717) is 6.04 Å². The van der Waals surface area contributed by atoms with Crippen LogP contribution in [0.1, 0.15) is 0 Å². The molecule has 0 N–H and O–H groups in total. The van der Waals surface area contributed by atoms with E-state index in [1.165, 1.54) is 6.54 Å². The van der Waals surface area contributed by atoms with Crippen LogP contribution in [-0.2, 0) is 3.07 Å². The van der Waals surface area contributed by atoms with Gasteiger partial charge >= 0.3 is 0 Å². The van der Waals surface area contributed by atoms with Gasteiger partial charge in [0.2, 0.25) is 0 Å². The molecule has 1 heterocycles. The minimum absolute atomic E-state index is 0.658. The van der Waals surface area contributed by atoms with Crippen molar-refractivity contribution in [3.05, 3.63) is 0 Å². The largest absolute Gasteiger partial charge is 0.314 e. The summed E-state index contributed by atoms with van der Waals surface area (Å²) in [5, 5.41) is 0. The molecular weight excluding hydrogens is 408 g/mol. The molecule has 6 heteroatoms. The molecule has 0 amide bonds. The molecular formula is C8H17I2N3O. The van der Waals surface area contributed by atoms with Crippen LogP contribution in [0.4, 0.5) is 0 Å². The molecule has 14 heavy (non-hydrogen) atoms. The van der Waals surface area contributed by atoms with Crippen LogP contribution in [-0.4, -0.2) is 66.0 Å². The highest BCUT2D eigenvalue weighted by molar-refractivity contribution is 14.1. The number of nitrogens with zero attached hydrogens (tertiary/aromatic N) is 3. The van der Waals surface area contributed by atoms with Crippen molar-refractivity contribution >= 4 is 45.9 Å². The number of hydrogen-bond acceptors (Lipinski definition) is 4. The molecule has 1 rings (SSSR count). The first kappa shape index (κ1) is 13.4.